The Morgan fingerprint density at radius 1 is 0.984 bits per heavy atom. The number of sulfone groups is 1. The van der Waals surface area contributed by atoms with Gasteiger partial charge in [0, 0.05) is 36.8 Å². The molecule has 1 unspecified atom stereocenters. The molecule has 1 aliphatic carbocycles. The third-order valence-corrected chi connectivity index (χ3v) is 10.1. The van der Waals surface area contributed by atoms with Crippen molar-refractivity contribution in [1.29, 1.82) is 0 Å². The molecule has 1 saturated carbocycles. The van der Waals surface area contributed by atoms with E-state index in [0.717, 1.165) is 42.7 Å². The maximum atomic E-state index is 12.8. The number of nitro benzene ring substituents is 1. The summed E-state index contributed by atoms with van der Waals surface area (Å²) in [5.41, 5.74) is -2.17. The number of hydrogen-bond donors (Lipinski definition) is 4. The summed E-state index contributed by atoms with van der Waals surface area (Å²) in [7, 11) is -7.54. The van der Waals surface area contributed by atoms with E-state index in [4.69, 9.17) is 52.3 Å². The predicted molar refractivity (Wildman–Crippen MR) is 210 cm³/mol. The lowest BCUT2D eigenvalue weighted by molar-refractivity contribution is -0.385. The number of carbonyl (C=O) groups excluding carboxylic acids is 5. The molecule has 0 radical (unpaired) electrons. The first-order valence-electron chi connectivity index (χ1n) is 17.3. The first-order chi connectivity index (χ1) is 28.6. The van der Waals surface area contributed by atoms with Crippen molar-refractivity contribution >= 4 is 81.6 Å². The minimum Gasteiger partial charge on any atom is -0.480 e. The average molecular weight is 960 g/mol. The van der Waals surface area contributed by atoms with E-state index in [1.165, 1.54) is 19.1 Å². The number of ketones is 3. The molecule has 3 aromatic rings. The van der Waals surface area contributed by atoms with E-state index < -0.39 is 105 Å². The minimum atomic E-state index is -4.61. The number of aliphatic carboxylic acids is 1. The number of carboxylic acids is 1. The van der Waals surface area contributed by atoms with E-state index in [-0.39, 0.29) is 51.5 Å². The van der Waals surface area contributed by atoms with E-state index in [9.17, 15) is 65.0 Å². The predicted octanol–water partition coefficient (Wildman–Crippen LogP) is 5.83. The number of nitrogens with zero attached hydrogens (tertiary/aromatic N) is 1. The van der Waals surface area contributed by atoms with Gasteiger partial charge in [-0.2, -0.15) is 13.2 Å². The van der Waals surface area contributed by atoms with Gasteiger partial charge in [0.1, 0.15) is 23.0 Å². The van der Waals surface area contributed by atoms with Crippen LogP contribution in [0.15, 0.2) is 59.5 Å². The zero-order chi connectivity index (χ0) is 47.3. The van der Waals surface area contributed by atoms with Gasteiger partial charge in [0.2, 0.25) is 0 Å². The number of hydrogen-bond acceptors (Lipinski definition) is 15. The molecule has 19 nitrogen and oxygen atoms in total. The molecule has 0 amide bonds. The van der Waals surface area contributed by atoms with Crippen LogP contribution in [-0.2, 0) is 49.2 Å². The van der Waals surface area contributed by atoms with Crippen LogP contribution in [0.5, 0.6) is 11.5 Å². The Hall–Kier alpha value is -5.29. The van der Waals surface area contributed by atoms with Crippen molar-refractivity contribution in [1.82, 2.24) is 5.32 Å². The Labute approximate surface area is 359 Å². The van der Waals surface area contributed by atoms with Gasteiger partial charge in [0.15, 0.2) is 33.3 Å². The monoisotopic (exact) mass is 958 g/mol. The van der Waals surface area contributed by atoms with Gasteiger partial charge in [-0.15, -0.1) is 0 Å². The van der Waals surface area contributed by atoms with E-state index in [1.807, 2.05) is 0 Å². The lowest BCUT2D eigenvalue weighted by Gasteiger charge is -2.18. The molecule has 0 bridgehead atoms. The third kappa shape index (κ3) is 16.5. The highest BCUT2D eigenvalue weighted by Gasteiger charge is 2.37. The van der Waals surface area contributed by atoms with Crippen molar-refractivity contribution < 1.29 is 88.9 Å². The quantitative estimate of drug-likeness (QED) is 0.0369. The summed E-state index contributed by atoms with van der Waals surface area (Å²) in [6.45, 7) is 2.37. The summed E-state index contributed by atoms with van der Waals surface area (Å²) in [4.78, 5) is 96.4. The number of esters is 2. The van der Waals surface area contributed by atoms with Gasteiger partial charge in [0.25, 0.3) is 5.69 Å². The topological polar surface area (TPSA) is 297 Å². The van der Waals surface area contributed by atoms with E-state index >= 15 is 0 Å². The molecule has 0 heterocycles. The first-order valence-corrected chi connectivity index (χ1v) is 21.8. The van der Waals surface area contributed by atoms with Crippen LogP contribution < -0.4 is 10.1 Å². The Kier molecular flexibility index (Phi) is 19.3. The standard InChI is InChI=1S/C19H15ClF3NO7.C14H13ClO5S.C3H8NO5P/c1-3-29-17(25)10(2)30-18(26)13-9-12(5-6-15(13)24(27)28)31-16-7-4-11(8-14(16)20)19(21,22)23;1-21(19,20)8-5-6-9(10(15)7-8)14(18)13-11(16)3-2-4-12(13)17;5-3(6)1-4-2-10(7,8)9/h4-10H,3H2,1-2H3;5-7,13H,2-4H2,1H3;4H,1-2H2,(H,5,6)(H2,7,8,9). The Bertz CT molecular complexity index is 2360. The molecule has 4 N–H and O–H groups in total. The smallest absolute Gasteiger partial charge is 0.416 e. The van der Waals surface area contributed by atoms with Crippen LogP contribution in [0.4, 0.5) is 18.9 Å². The molecule has 1 aliphatic rings. The van der Waals surface area contributed by atoms with E-state index in [1.54, 1.807) is 6.92 Å². The van der Waals surface area contributed by atoms with Crippen molar-refractivity contribution in [2.75, 3.05) is 25.7 Å². The van der Waals surface area contributed by atoms with Crippen LogP contribution in [0.1, 0.15) is 59.4 Å². The summed E-state index contributed by atoms with van der Waals surface area (Å²) >= 11 is 11.8. The molecule has 62 heavy (non-hydrogen) atoms. The molecule has 26 heteroatoms. The molecule has 0 aromatic heterocycles. The molecule has 1 atom stereocenters. The lowest BCUT2D eigenvalue weighted by Crippen LogP contribution is -2.35. The van der Waals surface area contributed by atoms with Crippen LogP contribution in [-0.4, -0.2) is 95.3 Å². The normalized spacial score (nSPS) is 13.6. The van der Waals surface area contributed by atoms with Gasteiger partial charge >= 0.3 is 31.7 Å². The fraction of sp³-hybridized carbons (Fsp3) is 0.333. The Balaban J connectivity index is 0.000000366. The molecule has 3 aromatic carbocycles. The number of benzene rings is 3. The van der Waals surface area contributed by atoms with Gasteiger partial charge in [-0.3, -0.25) is 39.2 Å². The summed E-state index contributed by atoms with van der Waals surface area (Å²) in [5.74, 6) is -6.27. The number of halogens is 5. The van der Waals surface area contributed by atoms with Crippen LogP contribution in [0.3, 0.4) is 0 Å². The molecule has 338 valence electrons. The zero-order valence-electron chi connectivity index (χ0n) is 32.3. The number of alkyl halides is 3. The first kappa shape index (κ1) is 52.8. The second kappa shape index (κ2) is 22.7. The Morgan fingerprint density at radius 3 is 2.08 bits per heavy atom. The number of carboxylic acid groups (broad SMARTS) is 1. The fourth-order valence-electron chi connectivity index (χ4n) is 4.91. The van der Waals surface area contributed by atoms with Gasteiger partial charge in [-0.25, -0.2) is 18.0 Å². The largest absolute Gasteiger partial charge is 0.480 e. The number of nitro groups is 1. The van der Waals surface area contributed by atoms with E-state index in [0.29, 0.717) is 12.5 Å². The molecule has 1 fully saturated rings. The highest BCUT2D eigenvalue weighted by atomic mass is 35.5. The minimum absolute atomic E-state index is 0.00216. The summed E-state index contributed by atoms with van der Waals surface area (Å²) < 4.78 is 86.1. The number of nitrogens with one attached hydrogen (secondary N) is 1. The Morgan fingerprint density at radius 2 is 1.60 bits per heavy atom. The van der Waals surface area contributed by atoms with Crippen LogP contribution in [0.25, 0.3) is 0 Å². The molecule has 0 saturated heterocycles. The molecular weight excluding hydrogens is 923 g/mol. The highest BCUT2D eigenvalue weighted by Crippen LogP contribution is 2.37. The van der Waals surface area contributed by atoms with Crippen LogP contribution in [0, 0.1) is 16.0 Å². The van der Waals surface area contributed by atoms with Crippen molar-refractivity contribution in [2.45, 2.75) is 50.3 Å². The van der Waals surface area contributed by atoms with Crippen molar-refractivity contribution in [3.8, 4) is 11.5 Å². The summed E-state index contributed by atoms with van der Waals surface area (Å²) in [5, 5.41) is 20.9. The number of rotatable bonds is 14. The number of carbonyl (C=O) groups is 6. The van der Waals surface area contributed by atoms with Gasteiger partial charge < -0.3 is 29.1 Å². The summed E-state index contributed by atoms with van der Waals surface area (Å²) in [6, 6.07) is 9.02. The van der Waals surface area contributed by atoms with Gasteiger partial charge in [0.05, 0.1) is 44.9 Å². The second-order valence-electron chi connectivity index (χ2n) is 12.6. The maximum Gasteiger partial charge on any atom is 0.416 e. The second-order valence-corrected chi connectivity index (χ2v) is 17.1. The fourth-order valence-corrected chi connectivity index (χ4v) is 6.52. The zero-order valence-corrected chi connectivity index (χ0v) is 35.6. The molecular formula is C36H36Cl2F3N2O17PS. The SMILES string of the molecule is CCOC(=O)C(C)OC(=O)c1cc(Oc2ccc(C(F)(F)F)cc2Cl)ccc1[N+](=O)[O-].CS(=O)(=O)c1ccc(C(=O)C2C(=O)CCCC2=O)c(Cl)c1.O=C(O)CNCP(=O)(O)O. The third-order valence-electron chi connectivity index (χ3n) is 7.75. The molecule has 0 spiro atoms. The highest BCUT2D eigenvalue weighted by molar-refractivity contribution is 7.90. The van der Waals surface area contributed by atoms with Crippen molar-refractivity contribution in [3.05, 3.63) is 91.4 Å². The van der Waals surface area contributed by atoms with E-state index in [2.05, 4.69) is 5.32 Å². The average Bonchev–Trinajstić information content (AvgIpc) is 3.14. The van der Waals surface area contributed by atoms with Crippen LogP contribution >= 0.6 is 30.8 Å². The molecule has 4 rings (SSSR count). The van der Waals surface area contributed by atoms with Gasteiger partial charge in [-0.05, 0) is 62.7 Å². The van der Waals surface area contributed by atoms with Crippen LogP contribution in [0.2, 0.25) is 10.0 Å². The van der Waals surface area contributed by atoms with Gasteiger partial charge in [-0.1, -0.05) is 23.2 Å². The molecule has 0 aliphatic heterocycles. The number of Topliss-reactive ketones (excluding diaryl/α,β-unsaturated/α-hetero) is 3. The van der Waals surface area contributed by atoms with Crippen molar-refractivity contribution in [2.24, 2.45) is 5.92 Å². The lowest BCUT2D eigenvalue weighted by atomic mass is 9.82. The van der Waals surface area contributed by atoms with Crippen molar-refractivity contribution in [3.63, 3.8) is 0 Å². The summed E-state index contributed by atoms with van der Waals surface area (Å²) in [6.07, 6.45) is -4.67. The maximum absolute atomic E-state index is 12.8. The number of ether oxygens (including phenoxy) is 3.